The van der Waals surface area contributed by atoms with Crippen molar-refractivity contribution in [3.8, 4) is 5.75 Å². The highest BCUT2D eigenvalue weighted by molar-refractivity contribution is 7.92. The number of halogens is 1. The van der Waals surface area contributed by atoms with Crippen molar-refractivity contribution in [2.45, 2.75) is 31.2 Å². The van der Waals surface area contributed by atoms with Gasteiger partial charge < -0.3 is 10.1 Å². The maximum absolute atomic E-state index is 13.6. The van der Waals surface area contributed by atoms with Gasteiger partial charge in [-0.25, -0.2) is 8.42 Å². The molecule has 0 saturated carbocycles. The Morgan fingerprint density at radius 2 is 1.59 bits per heavy atom. The van der Waals surface area contributed by atoms with Crippen molar-refractivity contribution in [1.29, 1.82) is 0 Å². The first-order valence-electron chi connectivity index (χ1n) is 11.0. The van der Waals surface area contributed by atoms with Crippen LogP contribution in [0.2, 0.25) is 5.02 Å². The topological polar surface area (TPSA) is 75.7 Å². The van der Waals surface area contributed by atoms with E-state index in [-0.39, 0.29) is 17.5 Å². The van der Waals surface area contributed by atoms with E-state index < -0.39 is 15.9 Å². The molecule has 0 aliphatic heterocycles. The van der Waals surface area contributed by atoms with Gasteiger partial charge in [0.2, 0.25) is 5.91 Å². The molecule has 0 aromatic heterocycles. The summed E-state index contributed by atoms with van der Waals surface area (Å²) in [7, 11) is -2.53. The molecular weight excluding hydrogens is 472 g/mol. The molecule has 0 saturated heterocycles. The molecule has 0 aliphatic rings. The van der Waals surface area contributed by atoms with Crippen LogP contribution in [0.4, 0.5) is 5.69 Å². The second-order valence-corrected chi connectivity index (χ2v) is 10.6. The Hall–Kier alpha value is -3.03. The van der Waals surface area contributed by atoms with Crippen molar-refractivity contribution in [1.82, 2.24) is 5.32 Å². The van der Waals surface area contributed by atoms with Crippen LogP contribution in [0.1, 0.15) is 31.9 Å². The van der Waals surface area contributed by atoms with E-state index in [4.69, 9.17) is 16.3 Å². The van der Waals surface area contributed by atoms with Gasteiger partial charge in [-0.15, -0.1) is 0 Å². The Bertz CT molecular complexity index is 1180. The second-order valence-electron chi connectivity index (χ2n) is 8.32. The Labute approximate surface area is 206 Å². The van der Waals surface area contributed by atoms with Crippen molar-refractivity contribution in [2.75, 3.05) is 18.0 Å². The molecule has 6 nitrogen and oxygen atoms in total. The van der Waals surface area contributed by atoms with Gasteiger partial charge in [-0.2, -0.15) is 0 Å². The summed E-state index contributed by atoms with van der Waals surface area (Å²) in [6, 6.07) is 21.9. The lowest BCUT2D eigenvalue weighted by molar-refractivity contribution is -0.120. The standard InChI is InChI=1S/C26H29ClN2O4S/c1-19(2)17-25(20-7-5-4-6-8-20)28-26(30)18-29(22-11-9-21(27)10-12-22)34(31,32)24-15-13-23(33-3)14-16-24/h4-16,19,25H,17-18H2,1-3H3,(H,28,30)/t25-/m0/s1. The summed E-state index contributed by atoms with van der Waals surface area (Å²) < 4.78 is 33.3. The number of amides is 1. The number of hydrogen-bond acceptors (Lipinski definition) is 4. The van der Waals surface area contributed by atoms with E-state index in [1.54, 1.807) is 36.4 Å². The Balaban J connectivity index is 1.91. The Morgan fingerprint density at radius 3 is 2.15 bits per heavy atom. The molecular formula is C26H29ClN2O4S. The van der Waals surface area contributed by atoms with Crippen LogP contribution < -0.4 is 14.4 Å². The van der Waals surface area contributed by atoms with E-state index in [2.05, 4.69) is 19.2 Å². The van der Waals surface area contributed by atoms with Gasteiger partial charge in [0.25, 0.3) is 10.0 Å². The number of hydrogen-bond donors (Lipinski definition) is 1. The van der Waals surface area contributed by atoms with Crippen molar-refractivity contribution < 1.29 is 17.9 Å². The molecule has 8 heteroatoms. The number of rotatable bonds is 10. The van der Waals surface area contributed by atoms with Crippen LogP contribution in [0, 0.1) is 5.92 Å². The SMILES string of the molecule is COc1ccc(S(=O)(=O)N(CC(=O)N[C@@H](CC(C)C)c2ccccc2)c2ccc(Cl)cc2)cc1. The van der Waals surface area contributed by atoms with Crippen molar-refractivity contribution in [3.63, 3.8) is 0 Å². The van der Waals surface area contributed by atoms with Crippen LogP contribution in [0.15, 0.2) is 83.8 Å². The first kappa shape index (κ1) is 25.6. The monoisotopic (exact) mass is 500 g/mol. The van der Waals surface area contributed by atoms with Crippen molar-refractivity contribution in [2.24, 2.45) is 5.92 Å². The molecule has 0 radical (unpaired) electrons. The number of benzene rings is 3. The minimum Gasteiger partial charge on any atom is -0.497 e. The van der Waals surface area contributed by atoms with Gasteiger partial charge in [0, 0.05) is 5.02 Å². The lowest BCUT2D eigenvalue weighted by Gasteiger charge is -2.26. The van der Waals surface area contributed by atoms with Crippen LogP contribution in [0.3, 0.4) is 0 Å². The largest absolute Gasteiger partial charge is 0.497 e. The minimum atomic E-state index is -4.04. The van der Waals surface area contributed by atoms with Gasteiger partial charge in [-0.3, -0.25) is 9.10 Å². The molecule has 1 amide bonds. The summed E-state index contributed by atoms with van der Waals surface area (Å²) in [6.07, 6.45) is 0.724. The van der Waals surface area contributed by atoms with Crippen LogP contribution in [-0.4, -0.2) is 28.0 Å². The molecule has 3 aromatic carbocycles. The molecule has 0 spiro atoms. The van der Waals surface area contributed by atoms with Gasteiger partial charge in [-0.1, -0.05) is 55.8 Å². The van der Waals surface area contributed by atoms with E-state index in [1.807, 2.05) is 30.3 Å². The van der Waals surface area contributed by atoms with E-state index in [0.29, 0.717) is 22.4 Å². The zero-order valence-electron chi connectivity index (χ0n) is 19.4. The van der Waals surface area contributed by atoms with E-state index in [9.17, 15) is 13.2 Å². The Kier molecular flexibility index (Phi) is 8.58. The molecule has 0 bridgehead atoms. The molecule has 1 N–H and O–H groups in total. The summed E-state index contributed by atoms with van der Waals surface area (Å²) in [5.41, 5.74) is 1.32. The summed E-state index contributed by atoms with van der Waals surface area (Å²) in [5.74, 6) is 0.469. The highest BCUT2D eigenvalue weighted by Crippen LogP contribution is 2.27. The van der Waals surface area contributed by atoms with Crippen molar-refractivity contribution in [3.05, 3.63) is 89.4 Å². The second kappa shape index (κ2) is 11.4. The zero-order chi connectivity index (χ0) is 24.7. The molecule has 0 unspecified atom stereocenters. The number of nitrogens with zero attached hydrogens (tertiary/aromatic N) is 1. The van der Waals surface area contributed by atoms with Crippen LogP contribution in [-0.2, 0) is 14.8 Å². The van der Waals surface area contributed by atoms with E-state index in [0.717, 1.165) is 16.3 Å². The minimum absolute atomic E-state index is 0.0536. The lowest BCUT2D eigenvalue weighted by atomic mass is 9.97. The number of sulfonamides is 1. The molecule has 1 atom stereocenters. The smallest absolute Gasteiger partial charge is 0.264 e. The quantitative estimate of drug-likeness (QED) is 0.401. The molecule has 0 aliphatic carbocycles. The highest BCUT2D eigenvalue weighted by atomic mass is 35.5. The van der Waals surface area contributed by atoms with Crippen LogP contribution >= 0.6 is 11.6 Å². The van der Waals surface area contributed by atoms with Gasteiger partial charge in [0.1, 0.15) is 12.3 Å². The third-order valence-corrected chi connectivity index (χ3v) is 7.33. The average molecular weight is 501 g/mol. The first-order valence-corrected chi connectivity index (χ1v) is 12.8. The first-order chi connectivity index (χ1) is 16.2. The van der Waals surface area contributed by atoms with Crippen LogP contribution in [0.25, 0.3) is 0 Å². The number of anilines is 1. The maximum Gasteiger partial charge on any atom is 0.264 e. The highest BCUT2D eigenvalue weighted by Gasteiger charge is 2.28. The van der Waals surface area contributed by atoms with Gasteiger partial charge >= 0.3 is 0 Å². The number of carbonyl (C=O) groups excluding carboxylic acids is 1. The third kappa shape index (κ3) is 6.52. The summed E-state index contributed by atoms with van der Waals surface area (Å²) in [6.45, 7) is 3.78. The predicted molar refractivity (Wildman–Crippen MR) is 136 cm³/mol. The summed E-state index contributed by atoms with van der Waals surface area (Å²) in [4.78, 5) is 13.2. The molecule has 0 heterocycles. The van der Waals surface area contributed by atoms with Gasteiger partial charge in [0.05, 0.1) is 23.7 Å². The summed E-state index contributed by atoms with van der Waals surface area (Å²) >= 11 is 6.01. The molecule has 180 valence electrons. The fraction of sp³-hybridized carbons (Fsp3) is 0.269. The average Bonchev–Trinajstić information content (AvgIpc) is 2.83. The van der Waals surface area contributed by atoms with Gasteiger partial charge in [0.15, 0.2) is 0 Å². The lowest BCUT2D eigenvalue weighted by Crippen LogP contribution is -2.42. The number of carbonyl (C=O) groups is 1. The number of nitrogens with one attached hydrogen (secondary N) is 1. The van der Waals surface area contributed by atoms with E-state index in [1.165, 1.54) is 19.2 Å². The number of ether oxygens (including phenoxy) is 1. The normalized spacial score (nSPS) is 12.3. The van der Waals surface area contributed by atoms with Crippen LogP contribution in [0.5, 0.6) is 5.75 Å². The predicted octanol–water partition coefficient (Wildman–Crippen LogP) is 5.45. The maximum atomic E-state index is 13.6. The molecule has 34 heavy (non-hydrogen) atoms. The number of methoxy groups -OCH3 is 1. The zero-order valence-corrected chi connectivity index (χ0v) is 21.0. The van der Waals surface area contributed by atoms with E-state index >= 15 is 0 Å². The van der Waals surface area contributed by atoms with Gasteiger partial charge in [-0.05, 0) is 66.4 Å². The summed E-state index contributed by atoms with van der Waals surface area (Å²) in [5, 5.41) is 3.50. The third-order valence-electron chi connectivity index (χ3n) is 5.29. The fourth-order valence-electron chi connectivity index (χ4n) is 3.60. The Morgan fingerprint density at radius 1 is 0.971 bits per heavy atom. The molecule has 3 rings (SSSR count). The molecule has 0 fully saturated rings. The van der Waals surface area contributed by atoms with Crippen molar-refractivity contribution >= 4 is 33.2 Å². The fourth-order valence-corrected chi connectivity index (χ4v) is 5.15. The molecule has 3 aromatic rings.